The first-order valence-corrected chi connectivity index (χ1v) is 15.5. The molecule has 9 nitrogen and oxygen atoms in total. The lowest BCUT2D eigenvalue weighted by atomic mass is 9.51. The zero-order chi connectivity index (χ0) is 30.9. The van der Waals surface area contributed by atoms with E-state index in [-0.39, 0.29) is 53.8 Å². The normalized spacial score (nSPS) is 29.3. The third-order valence-corrected chi connectivity index (χ3v) is 11.0. The van der Waals surface area contributed by atoms with Crippen molar-refractivity contribution in [2.45, 2.75) is 32.2 Å². The summed E-state index contributed by atoms with van der Waals surface area (Å²) in [5.41, 5.74) is 0.760. The van der Waals surface area contributed by atoms with Crippen LogP contribution in [-0.4, -0.2) is 47.9 Å². The number of likely N-dealkylation sites (tertiary alicyclic amines) is 1. The van der Waals surface area contributed by atoms with Crippen molar-refractivity contribution >= 4 is 40.7 Å². The van der Waals surface area contributed by atoms with E-state index < -0.39 is 35.0 Å². The summed E-state index contributed by atoms with van der Waals surface area (Å²) in [6.07, 6.45) is 2.63. The van der Waals surface area contributed by atoms with Gasteiger partial charge in [-0.05, 0) is 67.0 Å². The van der Waals surface area contributed by atoms with Gasteiger partial charge in [0.1, 0.15) is 0 Å². The van der Waals surface area contributed by atoms with Gasteiger partial charge in [0.15, 0.2) is 11.5 Å². The predicted molar refractivity (Wildman–Crippen MR) is 162 cm³/mol. The minimum absolute atomic E-state index is 0.168. The number of carbonyl (C=O) groups is 4. The molecule has 44 heavy (non-hydrogen) atoms. The van der Waals surface area contributed by atoms with Crippen LogP contribution in [0.4, 0.5) is 5.69 Å². The van der Waals surface area contributed by atoms with E-state index >= 15 is 0 Å². The van der Waals surface area contributed by atoms with Crippen LogP contribution in [0.3, 0.4) is 0 Å². The first-order chi connectivity index (χ1) is 21.2. The Morgan fingerprint density at radius 3 is 2.27 bits per heavy atom. The van der Waals surface area contributed by atoms with Crippen molar-refractivity contribution in [2.24, 2.45) is 29.1 Å². The lowest BCUT2D eigenvalue weighted by Crippen LogP contribution is -2.48. The van der Waals surface area contributed by atoms with E-state index in [2.05, 4.69) is 0 Å². The molecule has 0 radical (unpaired) electrons. The zero-order valence-corrected chi connectivity index (χ0v) is 25.4. The molecule has 10 heteroatoms. The fraction of sp³-hybridized carbons (Fsp3) is 0.353. The van der Waals surface area contributed by atoms with Gasteiger partial charge in [0.05, 0.1) is 49.6 Å². The van der Waals surface area contributed by atoms with Crippen molar-refractivity contribution in [3.8, 4) is 17.2 Å². The maximum absolute atomic E-state index is 14.5. The second kappa shape index (κ2) is 10.3. The van der Waals surface area contributed by atoms with Crippen molar-refractivity contribution in [1.29, 1.82) is 0 Å². The number of nitrogens with zero attached hydrogens (tertiary/aromatic N) is 2. The number of allylic oxidation sites excluding steroid dienone is 2. The number of phenolic OH excluding ortho intramolecular Hbond substituents is 1. The number of hydrogen-bond acceptors (Lipinski definition) is 8. The Kier molecular flexibility index (Phi) is 6.65. The summed E-state index contributed by atoms with van der Waals surface area (Å²) >= 11 is 1.50. The molecule has 0 bridgehead atoms. The number of hydrogen-bond donors (Lipinski definition) is 1. The van der Waals surface area contributed by atoms with Crippen molar-refractivity contribution in [1.82, 2.24) is 4.90 Å². The molecule has 3 heterocycles. The molecule has 1 N–H and O–H groups in total. The number of imide groups is 2. The molecule has 0 unspecified atom stereocenters. The van der Waals surface area contributed by atoms with E-state index in [4.69, 9.17) is 9.47 Å². The highest BCUT2D eigenvalue weighted by Gasteiger charge is 2.67. The van der Waals surface area contributed by atoms with Crippen LogP contribution in [0.15, 0.2) is 71.6 Å². The number of aromatic hydroxyl groups is 1. The van der Waals surface area contributed by atoms with Gasteiger partial charge in [-0.1, -0.05) is 35.9 Å². The summed E-state index contributed by atoms with van der Waals surface area (Å²) in [4.78, 5) is 60.0. The molecule has 2 aliphatic carbocycles. The molecule has 2 saturated heterocycles. The summed E-state index contributed by atoms with van der Waals surface area (Å²) in [5.74, 6) is -3.90. The second-order valence-corrected chi connectivity index (χ2v) is 13.1. The third-order valence-electron chi connectivity index (χ3n) is 10.1. The smallest absolute Gasteiger partial charge is 0.241 e. The Bertz CT molecular complexity index is 1690. The molecule has 4 aliphatic rings. The molecule has 2 aromatic carbocycles. The minimum Gasteiger partial charge on any atom is -0.502 e. The summed E-state index contributed by atoms with van der Waals surface area (Å²) in [6.45, 7) is 2.05. The summed E-state index contributed by atoms with van der Waals surface area (Å²) in [7, 11) is 2.87. The fourth-order valence-electron chi connectivity index (χ4n) is 8.08. The number of anilines is 1. The predicted octanol–water partition coefficient (Wildman–Crippen LogP) is 4.90. The van der Waals surface area contributed by atoms with Crippen LogP contribution in [0.5, 0.6) is 17.2 Å². The molecular weight excluding hydrogens is 580 g/mol. The van der Waals surface area contributed by atoms with E-state index in [1.807, 2.05) is 36.6 Å². The van der Waals surface area contributed by atoms with Gasteiger partial charge in [-0.25, -0.2) is 4.90 Å². The maximum atomic E-state index is 14.5. The maximum Gasteiger partial charge on any atom is 0.241 e. The van der Waals surface area contributed by atoms with Crippen LogP contribution in [-0.2, 0) is 25.7 Å². The zero-order valence-electron chi connectivity index (χ0n) is 24.6. The van der Waals surface area contributed by atoms with Crippen LogP contribution >= 0.6 is 11.3 Å². The molecule has 6 atom stereocenters. The monoisotopic (exact) mass is 612 g/mol. The Balaban J connectivity index is 1.38. The standard InChI is InChI=1S/C34H32N2O7S/c1-34-24(31(39)36(33(34)41)19-8-5-4-6-9-19)16-23-21(28(34)18-14-25(42-2)29(37)26(15-18)43-3)11-12-22-27(23)32(40)35(30(22)38)17-20-10-7-13-44-20/h4-11,13-15,22-24,27-28,37H,12,16-17H2,1-3H3/t22-,23+,24-,27-,28-,34+/m0/s1. The Labute approximate surface area is 258 Å². The Hall–Kier alpha value is -4.44. The van der Waals surface area contributed by atoms with Gasteiger partial charge < -0.3 is 14.6 Å². The number of rotatable bonds is 6. The average molecular weight is 613 g/mol. The Morgan fingerprint density at radius 1 is 0.932 bits per heavy atom. The topological polar surface area (TPSA) is 113 Å². The number of methoxy groups -OCH3 is 2. The average Bonchev–Trinajstić information content (AvgIpc) is 3.69. The number of thiophene rings is 1. The number of para-hydroxylation sites is 1. The molecule has 7 rings (SSSR count). The molecule has 2 aliphatic heterocycles. The molecule has 226 valence electrons. The molecule has 1 saturated carbocycles. The van der Waals surface area contributed by atoms with Crippen LogP contribution in [0.1, 0.15) is 36.1 Å². The summed E-state index contributed by atoms with van der Waals surface area (Å²) in [6, 6.07) is 16.0. The summed E-state index contributed by atoms with van der Waals surface area (Å²) in [5, 5.41) is 12.6. The number of carbonyl (C=O) groups excluding carboxylic acids is 4. The molecule has 4 amide bonds. The van der Waals surface area contributed by atoms with Gasteiger partial charge in [-0.2, -0.15) is 0 Å². The quantitative estimate of drug-likeness (QED) is 0.311. The van der Waals surface area contributed by atoms with E-state index in [0.29, 0.717) is 17.7 Å². The van der Waals surface area contributed by atoms with Gasteiger partial charge in [-0.15, -0.1) is 11.3 Å². The van der Waals surface area contributed by atoms with E-state index in [1.54, 1.807) is 36.4 Å². The number of phenols is 1. The van der Waals surface area contributed by atoms with E-state index in [9.17, 15) is 24.3 Å². The molecular formula is C34H32N2O7S. The van der Waals surface area contributed by atoms with Gasteiger partial charge in [0.25, 0.3) is 0 Å². The molecule has 1 aromatic heterocycles. The van der Waals surface area contributed by atoms with Crippen LogP contribution in [0.25, 0.3) is 0 Å². The van der Waals surface area contributed by atoms with Crippen molar-refractivity contribution < 1.29 is 33.8 Å². The van der Waals surface area contributed by atoms with Gasteiger partial charge >= 0.3 is 0 Å². The van der Waals surface area contributed by atoms with E-state index in [0.717, 1.165) is 10.5 Å². The van der Waals surface area contributed by atoms with Crippen molar-refractivity contribution in [2.75, 3.05) is 19.1 Å². The first-order valence-electron chi connectivity index (χ1n) is 14.7. The van der Waals surface area contributed by atoms with E-state index in [1.165, 1.54) is 35.4 Å². The lowest BCUT2D eigenvalue weighted by molar-refractivity contribution is -0.141. The SMILES string of the molecule is COc1cc([C@H]2C3=CC[C@@H]4C(=O)N(Cc5cccs5)C(=O)[C@@H]4[C@@H]3C[C@H]3C(=O)N(c4ccccc4)C(=O)[C@@]23C)cc(OC)c1O. The highest BCUT2D eigenvalue weighted by molar-refractivity contribution is 7.09. The largest absolute Gasteiger partial charge is 0.502 e. The number of amides is 4. The van der Waals surface area contributed by atoms with Crippen molar-refractivity contribution in [3.05, 3.63) is 82.1 Å². The number of benzene rings is 2. The minimum atomic E-state index is -1.21. The summed E-state index contributed by atoms with van der Waals surface area (Å²) < 4.78 is 11.0. The molecule has 3 aromatic rings. The lowest BCUT2D eigenvalue weighted by Gasteiger charge is -2.49. The van der Waals surface area contributed by atoms with Gasteiger partial charge in [0.2, 0.25) is 29.4 Å². The Morgan fingerprint density at radius 2 is 1.64 bits per heavy atom. The van der Waals surface area contributed by atoms with Crippen LogP contribution in [0, 0.1) is 29.1 Å². The number of fused-ring (bicyclic) bond motifs is 4. The van der Waals surface area contributed by atoms with Crippen LogP contribution < -0.4 is 14.4 Å². The second-order valence-electron chi connectivity index (χ2n) is 12.1. The van der Waals surface area contributed by atoms with Gasteiger partial charge in [-0.3, -0.25) is 24.1 Å². The molecule has 3 fully saturated rings. The third kappa shape index (κ3) is 3.89. The molecule has 0 spiro atoms. The van der Waals surface area contributed by atoms with Crippen molar-refractivity contribution in [3.63, 3.8) is 0 Å². The first kappa shape index (κ1) is 28.3. The fourth-order valence-corrected chi connectivity index (χ4v) is 8.77. The number of ether oxygens (including phenoxy) is 2. The van der Waals surface area contributed by atoms with Gasteiger partial charge in [0, 0.05) is 10.8 Å². The highest BCUT2D eigenvalue weighted by atomic mass is 32.1. The van der Waals surface area contributed by atoms with Crippen LogP contribution in [0.2, 0.25) is 0 Å². The highest BCUT2D eigenvalue weighted by Crippen LogP contribution is 2.64.